The van der Waals surface area contributed by atoms with E-state index in [4.69, 9.17) is 8.95 Å². The summed E-state index contributed by atoms with van der Waals surface area (Å²) >= 11 is 0. The second-order valence-corrected chi connectivity index (χ2v) is 15.5. The molecule has 2 aromatic carbocycles. The number of aromatic nitrogens is 1. The molecule has 0 aliphatic heterocycles. The fraction of sp³-hybridized carbons (Fsp3) is 0.444. The summed E-state index contributed by atoms with van der Waals surface area (Å²) in [6.45, 7) is 11.3. The van der Waals surface area contributed by atoms with Gasteiger partial charge in [0.1, 0.15) is 11.4 Å². The third kappa shape index (κ3) is 4.55. The lowest BCUT2D eigenvalue weighted by molar-refractivity contribution is 0.215. The van der Waals surface area contributed by atoms with Crippen molar-refractivity contribution in [1.82, 2.24) is 10.1 Å². The summed E-state index contributed by atoms with van der Waals surface area (Å²) in [6.07, 6.45) is 2.49. The molecule has 0 N–H and O–H groups in total. The first kappa shape index (κ1) is 22.8. The van der Waals surface area contributed by atoms with Gasteiger partial charge in [-0.1, -0.05) is 56.3 Å². The van der Waals surface area contributed by atoms with Crippen LogP contribution < -0.4 is 4.43 Å². The Kier molecular flexibility index (Phi) is 6.08. The largest absolute Gasteiger partial charge is 0.544 e. The van der Waals surface area contributed by atoms with Crippen LogP contribution in [0.2, 0.25) is 18.1 Å². The number of benzene rings is 2. The van der Waals surface area contributed by atoms with Crippen LogP contribution in [0, 0.1) is 5.92 Å². The number of hydrogen-bond donors (Lipinski definition) is 0. The molecule has 32 heavy (non-hydrogen) atoms. The predicted molar refractivity (Wildman–Crippen MR) is 134 cm³/mol. The zero-order valence-corrected chi connectivity index (χ0v) is 21.5. The van der Waals surface area contributed by atoms with Crippen LogP contribution in [0.15, 0.2) is 59.1 Å². The molecule has 1 unspecified atom stereocenters. The van der Waals surface area contributed by atoms with Crippen molar-refractivity contribution in [3.63, 3.8) is 0 Å². The van der Waals surface area contributed by atoms with Crippen LogP contribution in [0.4, 0.5) is 0 Å². The first-order valence-corrected chi connectivity index (χ1v) is 14.5. The summed E-state index contributed by atoms with van der Waals surface area (Å²) in [5, 5.41) is 4.75. The maximum absolute atomic E-state index is 6.48. The van der Waals surface area contributed by atoms with Crippen LogP contribution >= 0.6 is 0 Å². The lowest BCUT2D eigenvalue weighted by atomic mass is 9.94. The third-order valence-corrected chi connectivity index (χ3v) is 11.3. The molecular weight excluding hydrogens is 412 g/mol. The summed E-state index contributed by atoms with van der Waals surface area (Å²) in [5.74, 6) is 2.53. The molecule has 1 aromatic heterocycles. The van der Waals surface area contributed by atoms with Crippen molar-refractivity contribution in [1.29, 1.82) is 0 Å². The lowest BCUT2D eigenvalue weighted by Crippen LogP contribution is -2.43. The highest BCUT2D eigenvalue weighted by Crippen LogP contribution is 2.48. The van der Waals surface area contributed by atoms with Gasteiger partial charge in [-0.05, 0) is 80.8 Å². The Morgan fingerprint density at radius 1 is 0.969 bits per heavy atom. The van der Waals surface area contributed by atoms with Gasteiger partial charge < -0.3 is 8.95 Å². The summed E-state index contributed by atoms with van der Waals surface area (Å²) in [6, 6.07) is 19.1. The zero-order valence-electron chi connectivity index (χ0n) is 20.5. The van der Waals surface area contributed by atoms with E-state index < -0.39 is 8.32 Å². The van der Waals surface area contributed by atoms with E-state index in [1.165, 1.54) is 12.8 Å². The van der Waals surface area contributed by atoms with E-state index in [9.17, 15) is 0 Å². The molecule has 4 rings (SSSR count). The third-order valence-electron chi connectivity index (χ3n) is 6.98. The fourth-order valence-corrected chi connectivity index (χ4v) is 5.03. The van der Waals surface area contributed by atoms with Gasteiger partial charge in [-0.3, -0.25) is 4.90 Å². The van der Waals surface area contributed by atoms with E-state index in [1.54, 1.807) is 0 Å². The molecular formula is C27H36N2O2Si. The molecule has 1 aliphatic rings. The van der Waals surface area contributed by atoms with Gasteiger partial charge in [0.2, 0.25) is 8.32 Å². The van der Waals surface area contributed by atoms with Crippen molar-refractivity contribution in [3.05, 3.63) is 60.4 Å². The van der Waals surface area contributed by atoms with Crippen LogP contribution in [0.3, 0.4) is 0 Å². The molecule has 1 atom stereocenters. The minimum Gasteiger partial charge on any atom is -0.544 e. The van der Waals surface area contributed by atoms with Gasteiger partial charge in [0.25, 0.3) is 0 Å². The van der Waals surface area contributed by atoms with Crippen molar-refractivity contribution in [3.8, 4) is 28.1 Å². The van der Waals surface area contributed by atoms with Gasteiger partial charge in [0.05, 0.1) is 11.6 Å². The summed E-state index contributed by atoms with van der Waals surface area (Å²) in [7, 11) is 2.39. The molecule has 3 aromatic rings. The zero-order chi connectivity index (χ0) is 23.1. The molecule has 1 heterocycles. The quantitative estimate of drug-likeness (QED) is 0.353. The van der Waals surface area contributed by atoms with Crippen LogP contribution in [0.5, 0.6) is 5.75 Å². The molecule has 1 fully saturated rings. The summed E-state index contributed by atoms with van der Waals surface area (Å²) in [4.78, 5) is 2.27. The molecule has 170 valence electrons. The minimum absolute atomic E-state index is 0.164. The molecule has 0 bridgehead atoms. The van der Waals surface area contributed by atoms with E-state index in [0.29, 0.717) is 5.92 Å². The van der Waals surface area contributed by atoms with E-state index >= 15 is 0 Å². The van der Waals surface area contributed by atoms with E-state index in [2.05, 4.69) is 107 Å². The van der Waals surface area contributed by atoms with Gasteiger partial charge in [0.15, 0.2) is 5.76 Å². The van der Waals surface area contributed by atoms with Crippen molar-refractivity contribution in [2.24, 2.45) is 5.92 Å². The van der Waals surface area contributed by atoms with Crippen LogP contribution in [-0.4, -0.2) is 32.5 Å². The number of rotatable bonds is 7. The Morgan fingerprint density at radius 2 is 1.59 bits per heavy atom. The first-order chi connectivity index (χ1) is 15.1. The van der Waals surface area contributed by atoms with Gasteiger partial charge in [-0.25, -0.2) is 0 Å². The van der Waals surface area contributed by atoms with Gasteiger partial charge in [0, 0.05) is 5.56 Å². The van der Waals surface area contributed by atoms with Crippen molar-refractivity contribution in [2.75, 3.05) is 14.1 Å². The molecule has 0 radical (unpaired) electrons. The molecule has 5 heteroatoms. The highest BCUT2D eigenvalue weighted by Gasteiger charge is 2.40. The van der Waals surface area contributed by atoms with Crippen LogP contribution in [-0.2, 0) is 0 Å². The second-order valence-electron chi connectivity index (χ2n) is 10.8. The number of hydrogen-bond acceptors (Lipinski definition) is 4. The first-order valence-electron chi connectivity index (χ1n) is 11.6. The maximum Gasteiger partial charge on any atom is 0.250 e. The molecule has 1 saturated carbocycles. The Balaban J connectivity index is 1.73. The minimum atomic E-state index is -1.87. The molecule has 0 spiro atoms. The topological polar surface area (TPSA) is 38.5 Å². The summed E-state index contributed by atoms with van der Waals surface area (Å²) in [5.41, 5.74) is 4.20. The van der Waals surface area contributed by atoms with Gasteiger partial charge in [-0.15, -0.1) is 0 Å². The number of nitrogens with zero attached hydrogens (tertiary/aromatic N) is 2. The van der Waals surface area contributed by atoms with Crippen molar-refractivity contribution < 1.29 is 8.95 Å². The normalized spacial score (nSPS) is 15.8. The Hall–Kier alpha value is -2.37. The fourth-order valence-electron chi connectivity index (χ4n) is 4.00. The molecule has 0 saturated heterocycles. The Labute approximate surface area is 193 Å². The predicted octanol–water partition coefficient (Wildman–Crippen LogP) is 7.41. The highest BCUT2D eigenvalue weighted by atomic mass is 28.4. The van der Waals surface area contributed by atoms with Crippen molar-refractivity contribution in [2.45, 2.75) is 57.8 Å². The lowest BCUT2D eigenvalue weighted by Gasteiger charge is -2.36. The molecule has 1 aliphatic carbocycles. The van der Waals surface area contributed by atoms with Crippen molar-refractivity contribution >= 4 is 8.32 Å². The monoisotopic (exact) mass is 448 g/mol. The SMILES string of the molecule is CN(C)C(c1onc(-c2ccc(O[Si](C)(C)C(C)(C)C)cc2)c1-c1ccccc1)C1CC1. The van der Waals surface area contributed by atoms with Gasteiger partial charge >= 0.3 is 0 Å². The maximum atomic E-state index is 6.48. The average Bonchev–Trinajstić information content (AvgIpc) is 3.46. The van der Waals surface area contributed by atoms with E-state index in [1.807, 2.05) is 6.07 Å². The summed E-state index contributed by atoms with van der Waals surface area (Å²) < 4.78 is 12.5. The van der Waals surface area contributed by atoms with Gasteiger partial charge in [-0.2, -0.15) is 0 Å². The molecule has 4 nitrogen and oxygen atoms in total. The highest BCUT2D eigenvalue weighted by molar-refractivity contribution is 6.74. The van der Waals surface area contributed by atoms with Crippen LogP contribution in [0.1, 0.15) is 45.4 Å². The Morgan fingerprint density at radius 3 is 2.12 bits per heavy atom. The Bertz CT molecular complexity index is 1040. The van der Waals surface area contributed by atoms with E-state index in [0.717, 1.165) is 33.9 Å². The smallest absolute Gasteiger partial charge is 0.250 e. The van der Waals surface area contributed by atoms with E-state index in [-0.39, 0.29) is 11.1 Å². The van der Waals surface area contributed by atoms with Crippen LogP contribution in [0.25, 0.3) is 22.4 Å². The standard InChI is InChI=1S/C27H36N2O2Si/c1-27(2,3)32(6,7)31-22-17-15-20(16-18-22)24-23(19-11-9-8-10-12-19)26(30-28-24)25(29(4)5)21-13-14-21/h8-12,15-18,21,25H,13-14H2,1-7H3. The molecule has 0 amide bonds. The average molecular weight is 449 g/mol. The second kappa shape index (κ2) is 8.52.